The van der Waals surface area contributed by atoms with Crippen molar-refractivity contribution in [2.45, 2.75) is 64.0 Å². The highest BCUT2D eigenvalue weighted by atomic mass is 31.2. The molecule has 0 saturated carbocycles. The summed E-state index contributed by atoms with van der Waals surface area (Å²) in [6.07, 6.45) is 0.00898. The summed E-state index contributed by atoms with van der Waals surface area (Å²) in [6, 6.07) is -0.243. The monoisotopic (exact) mass is 395 g/mol. The molecule has 1 saturated heterocycles. The minimum absolute atomic E-state index is 0.0458. The normalized spacial score (nSPS) is 30.8. The van der Waals surface area contributed by atoms with Crippen LogP contribution in [0.3, 0.4) is 0 Å². The molecular formula is C16H35BNO7P. The zero-order valence-electron chi connectivity index (χ0n) is 16.9. The van der Waals surface area contributed by atoms with E-state index >= 15 is 0 Å². The lowest BCUT2D eigenvalue weighted by atomic mass is 9.92. The fraction of sp³-hybridized carbons (Fsp3) is 1.00. The van der Waals surface area contributed by atoms with Crippen molar-refractivity contribution in [2.24, 2.45) is 11.7 Å². The fourth-order valence-electron chi connectivity index (χ4n) is 2.99. The Bertz CT molecular complexity index is 445. The Morgan fingerprint density at radius 3 is 2.50 bits per heavy atom. The zero-order chi connectivity index (χ0) is 19.7. The van der Waals surface area contributed by atoms with Gasteiger partial charge in [-0.3, -0.25) is 13.6 Å². The van der Waals surface area contributed by atoms with E-state index in [0.29, 0.717) is 25.5 Å². The highest BCUT2D eigenvalue weighted by Crippen LogP contribution is 2.52. The molecule has 7 atom stereocenters. The van der Waals surface area contributed by atoms with E-state index in [2.05, 4.69) is 6.92 Å². The minimum atomic E-state index is -3.70. The summed E-state index contributed by atoms with van der Waals surface area (Å²) in [4.78, 5) is 0. The standard InChI is InChI=1S/C16H35BNO7P/c1-6-7-22-26(19,21-5)25-14-13(10-20-4)24-16(17)15(14)23-12(3)8-11(2)9-18/h11-16H,6-10,17-18H2,1-5H3/t11?,12?,13-,14?,15?,16-,26?/m1/s1. The van der Waals surface area contributed by atoms with Gasteiger partial charge in [0.05, 0.1) is 25.3 Å². The summed E-state index contributed by atoms with van der Waals surface area (Å²) in [5.74, 6) is 0.342. The van der Waals surface area contributed by atoms with Gasteiger partial charge < -0.3 is 19.9 Å². The molecular weight excluding hydrogens is 360 g/mol. The summed E-state index contributed by atoms with van der Waals surface area (Å²) in [5.41, 5.74) is 5.70. The Balaban J connectivity index is 2.88. The van der Waals surface area contributed by atoms with E-state index in [4.69, 9.17) is 33.5 Å². The Hall–Kier alpha value is 0.0149. The third-order valence-electron chi connectivity index (χ3n) is 4.33. The van der Waals surface area contributed by atoms with E-state index in [9.17, 15) is 4.57 Å². The van der Waals surface area contributed by atoms with E-state index in [1.54, 1.807) is 7.11 Å². The summed E-state index contributed by atoms with van der Waals surface area (Å²) >= 11 is 0. The van der Waals surface area contributed by atoms with Gasteiger partial charge in [-0.15, -0.1) is 0 Å². The van der Waals surface area contributed by atoms with Gasteiger partial charge in [-0.1, -0.05) is 13.8 Å². The molecule has 1 rings (SSSR count). The third kappa shape index (κ3) is 7.21. The van der Waals surface area contributed by atoms with Gasteiger partial charge in [-0.2, -0.15) is 0 Å². The lowest BCUT2D eigenvalue weighted by Crippen LogP contribution is -2.41. The molecule has 1 aliphatic rings. The van der Waals surface area contributed by atoms with Crippen LogP contribution in [0.4, 0.5) is 0 Å². The van der Waals surface area contributed by atoms with Crippen molar-refractivity contribution >= 4 is 15.7 Å². The first-order valence-corrected chi connectivity index (χ1v) is 10.7. The second-order valence-corrected chi connectivity index (χ2v) is 8.58. The summed E-state index contributed by atoms with van der Waals surface area (Å²) < 4.78 is 46.3. The van der Waals surface area contributed by atoms with Crippen molar-refractivity contribution in [3.63, 3.8) is 0 Å². The molecule has 0 aromatic heterocycles. The first-order chi connectivity index (χ1) is 12.3. The fourth-order valence-corrected chi connectivity index (χ4v) is 4.20. The van der Waals surface area contributed by atoms with E-state index in [1.807, 2.05) is 21.7 Å². The van der Waals surface area contributed by atoms with Crippen LogP contribution < -0.4 is 5.73 Å². The number of ether oxygens (including phenoxy) is 3. The number of nitrogens with two attached hydrogens (primary N) is 1. The summed E-state index contributed by atoms with van der Waals surface area (Å²) in [6.45, 7) is 7.15. The lowest BCUT2D eigenvalue weighted by molar-refractivity contribution is -0.0677. The molecule has 5 unspecified atom stereocenters. The van der Waals surface area contributed by atoms with Gasteiger partial charge >= 0.3 is 7.82 Å². The number of methoxy groups -OCH3 is 1. The van der Waals surface area contributed by atoms with Crippen LogP contribution in [0.2, 0.25) is 0 Å². The predicted octanol–water partition coefficient (Wildman–Crippen LogP) is 1.32. The predicted molar refractivity (Wildman–Crippen MR) is 102 cm³/mol. The number of phosphoric ester groups is 1. The molecule has 0 aromatic carbocycles. The van der Waals surface area contributed by atoms with Crippen molar-refractivity contribution < 1.29 is 32.3 Å². The van der Waals surface area contributed by atoms with Crippen LogP contribution in [-0.4, -0.2) is 72.2 Å². The minimum Gasteiger partial charge on any atom is -0.382 e. The van der Waals surface area contributed by atoms with Crippen LogP contribution in [0.5, 0.6) is 0 Å². The topological polar surface area (TPSA) is 98.5 Å². The quantitative estimate of drug-likeness (QED) is 0.368. The van der Waals surface area contributed by atoms with Crippen molar-refractivity contribution in [1.82, 2.24) is 0 Å². The van der Waals surface area contributed by atoms with Gasteiger partial charge in [0.1, 0.15) is 26.2 Å². The van der Waals surface area contributed by atoms with Crippen LogP contribution >= 0.6 is 7.82 Å². The maximum atomic E-state index is 12.8. The maximum absolute atomic E-state index is 12.8. The molecule has 0 bridgehead atoms. The van der Waals surface area contributed by atoms with E-state index in [0.717, 1.165) is 6.42 Å². The Morgan fingerprint density at radius 1 is 1.27 bits per heavy atom. The van der Waals surface area contributed by atoms with Gasteiger partial charge in [-0.05, 0) is 32.2 Å². The average molecular weight is 395 g/mol. The van der Waals surface area contributed by atoms with Crippen molar-refractivity contribution in [1.29, 1.82) is 0 Å². The largest absolute Gasteiger partial charge is 0.474 e. The first-order valence-electron chi connectivity index (χ1n) is 9.28. The highest BCUT2D eigenvalue weighted by Gasteiger charge is 2.48. The van der Waals surface area contributed by atoms with E-state index in [-0.39, 0.29) is 18.7 Å². The smallest absolute Gasteiger partial charge is 0.382 e. The Kier molecular flexibility index (Phi) is 10.9. The van der Waals surface area contributed by atoms with Gasteiger partial charge in [0, 0.05) is 14.2 Å². The molecule has 8 nitrogen and oxygen atoms in total. The second-order valence-electron chi connectivity index (χ2n) is 6.86. The summed E-state index contributed by atoms with van der Waals surface area (Å²) in [7, 11) is 1.09. The van der Waals surface area contributed by atoms with E-state index in [1.165, 1.54) is 7.11 Å². The second kappa shape index (κ2) is 11.8. The SMILES string of the molecule is B[C@@H]1O[C@H](COC)C(OP(=O)(OC)OCCC)C1OC(C)CC(C)CN. The van der Waals surface area contributed by atoms with Crippen LogP contribution in [-0.2, 0) is 32.3 Å². The van der Waals surface area contributed by atoms with Gasteiger partial charge in [0.25, 0.3) is 0 Å². The number of phosphoric acid groups is 1. The molecule has 1 aliphatic heterocycles. The van der Waals surface area contributed by atoms with Crippen LogP contribution in [0.25, 0.3) is 0 Å². The third-order valence-corrected chi connectivity index (χ3v) is 5.77. The van der Waals surface area contributed by atoms with Crippen LogP contribution in [0.1, 0.15) is 33.6 Å². The number of hydrogen-bond acceptors (Lipinski definition) is 8. The molecule has 0 aliphatic carbocycles. The number of rotatable bonds is 13. The Labute approximate surface area is 158 Å². The van der Waals surface area contributed by atoms with Gasteiger partial charge in [0.2, 0.25) is 0 Å². The van der Waals surface area contributed by atoms with Crippen molar-refractivity contribution in [3.8, 4) is 0 Å². The van der Waals surface area contributed by atoms with Gasteiger partial charge in [0.15, 0.2) is 0 Å². The molecule has 2 N–H and O–H groups in total. The molecule has 10 heteroatoms. The van der Waals surface area contributed by atoms with Gasteiger partial charge in [-0.25, -0.2) is 4.57 Å². The molecule has 0 radical (unpaired) electrons. The molecule has 1 heterocycles. The van der Waals surface area contributed by atoms with Crippen LogP contribution in [0, 0.1) is 5.92 Å². The molecule has 0 aromatic rings. The zero-order valence-corrected chi connectivity index (χ0v) is 17.8. The molecule has 0 spiro atoms. The molecule has 0 amide bonds. The Morgan fingerprint density at radius 2 is 1.96 bits per heavy atom. The van der Waals surface area contributed by atoms with Crippen LogP contribution in [0.15, 0.2) is 0 Å². The molecule has 154 valence electrons. The van der Waals surface area contributed by atoms with Crippen molar-refractivity contribution in [3.05, 3.63) is 0 Å². The maximum Gasteiger partial charge on any atom is 0.474 e. The highest BCUT2D eigenvalue weighted by molar-refractivity contribution is 7.48. The summed E-state index contributed by atoms with van der Waals surface area (Å²) in [5, 5.41) is 0. The average Bonchev–Trinajstić information content (AvgIpc) is 2.88. The molecule has 26 heavy (non-hydrogen) atoms. The first kappa shape index (κ1) is 24.1. The lowest BCUT2D eigenvalue weighted by Gasteiger charge is -2.29. The van der Waals surface area contributed by atoms with E-state index < -0.39 is 26.1 Å². The molecule has 1 fully saturated rings. The van der Waals surface area contributed by atoms with Crippen molar-refractivity contribution in [2.75, 3.05) is 34.0 Å². The number of hydrogen-bond donors (Lipinski definition) is 1.